The highest BCUT2D eigenvalue weighted by Crippen LogP contribution is 2.28. The van der Waals surface area contributed by atoms with Crippen LogP contribution in [-0.2, 0) is 11.0 Å². The van der Waals surface area contributed by atoms with Gasteiger partial charge in [0.1, 0.15) is 11.9 Å². The second kappa shape index (κ2) is 5.03. The summed E-state index contributed by atoms with van der Waals surface area (Å²) in [6, 6.07) is 1.09. The monoisotopic (exact) mass is 248 g/mol. The van der Waals surface area contributed by atoms with E-state index in [2.05, 4.69) is 10.3 Å². The molecule has 1 rings (SSSR count). The average Bonchev–Trinajstić information content (AvgIpc) is 2.25. The minimum atomic E-state index is -4.44. The molecule has 17 heavy (non-hydrogen) atoms. The molecule has 94 valence electrons. The van der Waals surface area contributed by atoms with E-state index in [1.165, 1.54) is 0 Å². The van der Waals surface area contributed by atoms with Gasteiger partial charge in [-0.1, -0.05) is 6.92 Å². The SMILES string of the molecule is CCC(Nc1ccc(C(F)(F)F)cn1)C(=O)O. The summed E-state index contributed by atoms with van der Waals surface area (Å²) in [6.07, 6.45) is -3.47. The van der Waals surface area contributed by atoms with E-state index in [1.54, 1.807) is 6.92 Å². The third-order valence-corrected chi connectivity index (χ3v) is 2.12. The molecule has 1 aromatic heterocycles. The highest BCUT2D eigenvalue weighted by atomic mass is 19.4. The van der Waals surface area contributed by atoms with Gasteiger partial charge in [0.25, 0.3) is 0 Å². The van der Waals surface area contributed by atoms with Gasteiger partial charge < -0.3 is 10.4 Å². The van der Waals surface area contributed by atoms with Gasteiger partial charge in [-0.25, -0.2) is 9.78 Å². The van der Waals surface area contributed by atoms with Crippen LogP contribution in [0.3, 0.4) is 0 Å². The summed E-state index contributed by atoms with van der Waals surface area (Å²) in [5.74, 6) is -0.971. The Labute approximate surface area is 95.5 Å². The lowest BCUT2D eigenvalue weighted by Gasteiger charge is -2.13. The van der Waals surface area contributed by atoms with E-state index in [1.807, 2.05) is 0 Å². The minimum Gasteiger partial charge on any atom is -0.480 e. The minimum absolute atomic E-state index is 0.104. The number of pyridine rings is 1. The average molecular weight is 248 g/mol. The Balaban J connectivity index is 2.78. The van der Waals surface area contributed by atoms with Gasteiger partial charge in [-0.05, 0) is 18.6 Å². The van der Waals surface area contributed by atoms with E-state index in [9.17, 15) is 18.0 Å². The zero-order chi connectivity index (χ0) is 13.1. The first-order chi connectivity index (χ1) is 7.84. The Bertz CT molecular complexity index is 390. The molecule has 0 saturated heterocycles. The van der Waals surface area contributed by atoms with Gasteiger partial charge >= 0.3 is 12.1 Å². The van der Waals surface area contributed by atoms with Crippen molar-refractivity contribution in [1.29, 1.82) is 0 Å². The molecule has 1 aromatic rings. The number of anilines is 1. The lowest BCUT2D eigenvalue weighted by atomic mass is 10.2. The van der Waals surface area contributed by atoms with Crippen LogP contribution >= 0.6 is 0 Å². The van der Waals surface area contributed by atoms with Crippen molar-refractivity contribution in [3.8, 4) is 0 Å². The number of rotatable bonds is 4. The molecule has 0 amide bonds. The van der Waals surface area contributed by atoms with Crippen LogP contribution in [0.1, 0.15) is 18.9 Å². The number of carbonyl (C=O) groups is 1. The number of hydrogen-bond donors (Lipinski definition) is 2. The second-order valence-electron chi connectivity index (χ2n) is 3.37. The predicted molar refractivity (Wildman–Crippen MR) is 54.6 cm³/mol. The summed E-state index contributed by atoms with van der Waals surface area (Å²) in [5.41, 5.74) is -0.869. The Morgan fingerprint density at radius 2 is 2.18 bits per heavy atom. The van der Waals surface area contributed by atoms with Gasteiger partial charge in [-0.3, -0.25) is 0 Å². The maximum Gasteiger partial charge on any atom is 0.417 e. The quantitative estimate of drug-likeness (QED) is 0.858. The fourth-order valence-corrected chi connectivity index (χ4v) is 1.16. The molecule has 0 aliphatic heterocycles. The Morgan fingerprint density at radius 3 is 2.53 bits per heavy atom. The molecule has 1 heterocycles. The normalized spacial score (nSPS) is 13.2. The summed E-state index contributed by atoms with van der Waals surface area (Å²) in [4.78, 5) is 14.2. The van der Waals surface area contributed by atoms with E-state index in [0.29, 0.717) is 12.6 Å². The van der Waals surface area contributed by atoms with Gasteiger partial charge in [0.05, 0.1) is 5.56 Å². The van der Waals surface area contributed by atoms with Gasteiger partial charge in [0.15, 0.2) is 0 Å². The van der Waals surface area contributed by atoms with Crippen molar-refractivity contribution in [2.45, 2.75) is 25.6 Å². The first-order valence-corrected chi connectivity index (χ1v) is 4.87. The van der Waals surface area contributed by atoms with Crippen LogP contribution in [0.15, 0.2) is 18.3 Å². The molecule has 0 radical (unpaired) electrons. The number of aliphatic carboxylic acids is 1. The first kappa shape index (κ1) is 13.3. The molecule has 1 atom stereocenters. The largest absolute Gasteiger partial charge is 0.480 e. The molecule has 4 nitrogen and oxygen atoms in total. The lowest BCUT2D eigenvalue weighted by molar-refractivity contribution is -0.139. The Morgan fingerprint density at radius 1 is 1.53 bits per heavy atom. The van der Waals surface area contributed by atoms with Crippen LogP contribution in [0, 0.1) is 0 Å². The van der Waals surface area contributed by atoms with E-state index >= 15 is 0 Å². The number of alkyl halides is 3. The van der Waals surface area contributed by atoms with Crippen molar-refractivity contribution in [3.63, 3.8) is 0 Å². The standard InChI is InChI=1S/C10H11F3N2O2/c1-2-7(9(16)17)15-8-4-3-6(5-14-8)10(11,12)13/h3-5,7H,2H2,1H3,(H,14,15)(H,16,17). The molecule has 7 heteroatoms. The van der Waals surface area contributed by atoms with E-state index in [4.69, 9.17) is 5.11 Å². The molecule has 0 aromatic carbocycles. The summed E-state index contributed by atoms with van der Waals surface area (Å²) < 4.78 is 36.7. The predicted octanol–water partition coefficient (Wildman–Crippen LogP) is 2.38. The number of carboxylic acid groups (broad SMARTS) is 1. The van der Waals surface area contributed by atoms with Crippen molar-refractivity contribution >= 4 is 11.8 Å². The molecule has 0 saturated carbocycles. The van der Waals surface area contributed by atoms with Gasteiger partial charge in [-0.15, -0.1) is 0 Å². The number of aromatic nitrogens is 1. The number of carboxylic acids is 1. The highest BCUT2D eigenvalue weighted by Gasteiger charge is 2.30. The van der Waals surface area contributed by atoms with Crippen LogP contribution in [0.25, 0.3) is 0 Å². The third kappa shape index (κ3) is 3.61. The van der Waals surface area contributed by atoms with Crippen LogP contribution in [0.5, 0.6) is 0 Å². The van der Waals surface area contributed by atoms with Gasteiger partial charge in [-0.2, -0.15) is 13.2 Å². The third-order valence-electron chi connectivity index (χ3n) is 2.12. The van der Waals surface area contributed by atoms with Crippen molar-refractivity contribution in [2.75, 3.05) is 5.32 Å². The molecule has 0 bridgehead atoms. The zero-order valence-corrected chi connectivity index (χ0v) is 8.95. The van der Waals surface area contributed by atoms with E-state index in [0.717, 1.165) is 12.1 Å². The number of hydrogen-bond acceptors (Lipinski definition) is 3. The molecule has 0 aliphatic carbocycles. The maximum absolute atomic E-state index is 12.2. The van der Waals surface area contributed by atoms with Crippen LogP contribution in [0.2, 0.25) is 0 Å². The highest BCUT2D eigenvalue weighted by molar-refractivity contribution is 5.76. The van der Waals surface area contributed by atoms with Crippen molar-refractivity contribution in [3.05, 3.63) is 23.9 Å². The zero-order valence-electron chi connectivity index (χ0n) is 8.95. The summed E-state index contributed by atoms with van der Waals surface area (Å²) in [5, 5.41) is 11.3. The van der Waals surface area contributed by atoms with Crippen molar-refractivity contribution in [1.82, 2.24) is 4.98 Å². The summed E-state index contributed by atoms with van der Waals surface area (Å²) >= 11 is 0. The fourth-order valence-electron chi connectivity index (χ4n) is 1.16. The Kier molecular flexibility index (Phi) is 3.93. The van der Waals surface area contributed by atoms with Crippen LogP contribution in [0.4, 0.5) is 19.0 Å². The van der Waals surface area contributed by atoms with E-state index < -0.39 is 23.8 Å². The molecule has 0 aliphatic rings. The number of halogens is 3. The topological polar surface area (TPSA) is 62.2 Å². The Hall–Kier alpha value is -1.79. The van der Waals surface area contributed by atoms with Crippen LogP contribution < -0.4 is 5.32 Å². The van der Waals surface area contributed by atoms with Gasteiger partial charge in [0.2, 0.25) is 0 Å². The van der Waals surface area contributed by atoms with E-state index in [-0.39, 0.29) is 5.82 Å². The smallest absolute Gasteiger partial charge is 0.417 e. The number of nitrogens with zero attached hydrogens (tertiary/aromatic N) is 1. The maximum atomic E-state index is 12.2. The summed E-state index contributed by atoms with van der Waals surface area (Å²) in [6.45, 7) is 1.65. The molecule has 0 spiro atoms. The lowest BCUT2D eigenvalue weighted by Crippen LogP contribution is -2.28. The van der Waals surface area contributed by atoms with Gasteiger partial charge in [0, 0.05) is 6.20 Å². The van der Waals surface area contributed by atoms with Crippen LogP contribution in [-0.4, -0.2) is 22.1 Å². The summed E-state index contributed by atoms with van der Waals surface area (Å²) in [7, 11) is 0. The van der Waals surface area contributed by atoms with Crippen molar-refractivity contribution in [2.24, 2.45) is 0 Å². The molecule has 0 fully saturated rings. The van der Waals surface area contributed by atoms with Crippen molar-refractivity contribution < 1.29 is 23.1 Å². The molecule has 1 unspecified atom stereocenters. The second-order valence-corrected chi connectivity index (χ2v) is 3.37. The fraction of sp³-hybridized carbons (Fsp3) is 0.400. The molecular weight excluding hydrogens is 237 g/mol. The molecule has 2 N–H and O–H groups in total. The number of nitrogens with one attached hydrogen (secondary N) is 1. The first-order valence-electron chi connectivity index (χ1n) is 4.87. The molecular formula is C10H11F3N2O2.